The van der Waals surface area contributed by atoms with E-state index in [9.17, 15) is 13.2 Å². The SMILES string of the molecule is CC1CCCC1NS(=O)(=O)c1ccc(C(=O)O)cn1. The van der Waals surface area contributed by atoms with E-state index in [1.54, 1.807) is 0 Å². The Kier molecular flexibility index (Phi) is 3.86. The van der Waals surface area contributed by atoms with E-state index in [0.29, 0.717) is 5.92 Å². The topological polar surface area (TPSA) is 96.4 Å². The highest BCUT2D eigenvalue weighted by Crippen LogP contribution is 2.26. The number of carboxylic acids is 1. The fraction of sp³-hybridized carbons (Fsp3) is 0.500. The van der Waals surface area contributed by atoms with E-state index in [1.807, 2.05) is 6.92 Å². The van der Waals surface area contributed by atoms with Crippen LogP contribution in [0.5, 0.6) is 0 Å². The van der Waals surface area contributed by atoms with Gasteiger partial charge in [-0.25, -0.2) is 22.9 Å². The zero-order valence-electron chi connectivity index (χ0n) is 10.5. The van der Waals surface area contributed by atoms with Crippen molar-refractivity contribution in [1.29, 1.82) is 0 Å². The molecular formula is C12H16N2O4S. The predicted octanol–water partition coefficient (Wildman–Crippen LogP) is 1.25. The van der Waals surface area contributed by atoms with E-state index in [2.05, 4.69) is 9.71 Å². The van der Waals surface area contributed by atoms with Crippen LogP contribution in [0.3, 0.4) is 0 Å². The minimum absolute atomic E-state index is 0.0341. The quantitative estimate of drug-likeness (QED) is 0.867. The van der Waals surface area contributed by atoms with Crippen molar-refractivity contribution in [3.8, 4) is 0 Å². The van der Waals surface area contributed by atoms with Crippen LogP contribution in [0.25, 0.3) is 0 Å². The van der Waals surface area contributed by atoms with Gasteiger partial charge >= 0.3 is 5.97 Å². The van der Waals surface area contributed by atoms with Crippen molar-refractivity contribution in [3.63, 3.8) is 0 Å². The van der Waals surface area contributed by atoms with Gasteiger partial charge in [0, 0.05) is 12.2 Å². The van der Waals surface area contributed by atoms with E-state index in [4.69, 9.17) is 5.11 Å². The molecule has 104 valence electrons. The number of nitrogens with one attached hydrogen (secondary N) is 1. The number of hydrogen-bond acceptors (Lipinski definition) is 4. The summed E-state index contributed by atoms with van der Waals surface area (Å²) < 4.78 is 26.8. The molecule has 1 aromatic rings. The zero-order valence-corrected chi connectivity index (χ0v) is 11.4. The summed E-state index contributed by atoms with van der Waals surface area (Å²) in [6.07, 6.45) is 3.90. The number of hydrogen-bond donors (Lipinski definition) is 2. The third kappa shape index (κ3) is 3.10. The van der Waals surface area contributed by atoms with Crippen LogP contribution in [0.15, 0.2) is 23.4 Å². The number of carbonyl (C=O) groups is 1. The van der Waals surface area contributed by atoms with E-state index in [1.165, 1.54) is 12.1 Å². The van der Waals surface area contributed by atoms with Crippen molar-refractivity contribution < 1.29 is 18.3 Å². The monoisotopic (exact) mass is 284 g/mol. The molecule has 0 saturated heterocycles. The van der Waals surface area contributed by atoms with Gasteiger partial charge in [0.2, 0.25) is 0 Å². The summed E-state index contributed by atoms with van der Waals surface area (Å²) in [6, 6.07) is 2.39. The zero-order chi connectivity index (χ0) is 14.0. The van der Waals surface area contributed by atoms with Gasteiger partial charge in [-0.05, 0) is 30.9 Å². The summed E-state index contributed by atoms with van der Waals surface area (Å²) in [4.78, 5) is 14.4. The molecule has 1 heterocycles. The Morgan fingerprint density at radius 3 is 2.63 bits per heavy atom. The van der Waals surface area contributed by atoms with Crippen LogP contribution < -0.4 is 4.72 Å². The second-order valence-corrected chi connectivity index (χ2v) is 6.49. The van der Waals surface area contributed by atoms with Gasteiger partial charge in [0.1, 0.15) is 0 Å². The number of carboxylic acid groups (broad SMARTS) is 1. The van der Waals surface area contributed by atoms with Crippen molar-refractivity contribution in [3.05, 3.63) is 23.9 Å². The summed E-state index contributed by atoms with van der Waals surface area (Å²) >= 11 is 0. The fourth-order valence-corrected chi connectivity index (χ4v) is 3.55. The molecule has 7 heteroatoms. The van der Waals surface area contributed by atoms with Crippen LogP contribution in [0.2, 0.25) is 0 Å². The Labute approximate surface area is 111 Å². The van der Waals surface area contributed by atoms with Crippen LogP contribution in [-0.4, -0.2) is 30.5 Å². The summed E-state index contributed by atoms with van der Waals surface area (Å²) in [5.41, 5.74) is -0.0341. The molecule has 1 aliphatic rings. The summed E-state index contributed by atoms with van der Waals surface area (Å²) in [5.74, 6) is -0.818. The molecule has 0 amide bonds. The Bertz CT molecular complexity index is 568. The van der Waals surface area contributed by atoms with Gasteiger partial charge in [-0.2, -0.15) is 0 Å². The molecule has 2 unspecified atom stereocenters. The molecular weight excluding hydrogens is 268 g/mol. The summed E-state index contributed by atoms with van der Waals surface area (Å²) in [7, 11) is -3.67. The van der Waals surface area contributed by atoms with Crippen molar-refractivity contribution in [2.45, 2.75) is 37.3 Å². The Morgan fingerprint density at radius 2 is 2.16 bits per heavy atom. The Hall–Kier alpha value is -1.47. The third-order valence-electron chi connectivity index (χ3n) is 3.43. The first-order valence-corrected chi connectivity index (χ1v) is 7.60. The number of aromatic carboxylic acids is 1. The molecule has 1 fully saturated rings. The summed E-state index contributed by atoms with van der Waals surface area (Å²) in [6.45, 7) is 2.02. The van der Waals surface area contributed by atoms with Gasteiger partial charge in [0.25, 0.3) is 10.0 Å². The lowest BCUT2D eigenvalue weighted by molar-refractivity contribution is 0.0696. The molecule has 2 rings (SSSR count). The molecule has 1 aromatic heterocycles. The summed E-state index contributed by atoms with van der Waals surface area (Å²) in [5, 5.41) is 8.60. The van der Waals surface area contributed by atoms with Crippen molar-refractivity contribution >= 4 is 16.0 Å². The van der Waals surface area contributed by atoms with E-state index < -0.39 is 16.0 Å². The van der Waals surface area contributed by atoms with Crippen LogP contribution in [0.4, 0.5) is 0 Å². The molecule has 2 atom stereocenters. The fourth-order valence-electron chi connectivity index (χ4n) is 2.25. The molecule has 0 spiro atoms. The molecule has 6 nitrogen and oxygen atoms in total. The van der Waals surface area contributed by atoms with Crippen LogP contribution in [0, 0.1) is 5.92 Å². The maximum Gasteiger partial charge on any atom is 0.337 e. The lowest BCUT2D eigenvalue weighted by Gasteiger charge is -2.16. The van der Waals surface area contributed by atoms with Crippen LogP contribution >= 0.6 is 0 Å². The van der Waals surface area contributed by atoms with Crippen molar-refractivity contribution in [1.82, 2.24) is 9.71 Å². The van der Waals surface area contributed by atoms with Crippen LogP contribution in [0.1, 0.15) is 36.5 Å². The van der Waals surface area contributed by atoms with Gasteiger partial charge in [-0.1, -0.05) is 13.3 Å². The first kappa shape index (κ1) is 14.0. The van der Waals surface area contributed by atoms with Crippen molar-refractivity contribution in [2.24, 2.45) is 5.92 Å². The lowest BCUT2D eigenvalue weighted by atomic mass is 10.1. The molecule has 0 aromatic carbocycles. The molecule has 1 saturated carbocycles. The van der Waals surface area contributed by atoms with Crippen LogP contribution in [-0.2, 0) is 10.0 Å². The van der Waals surface area contributed by atoms with Gasteiger partial charge in [0.15, 0.2) is 5.03 Å². The largest absolute Gasteiger partial charge is 0.478 e. The normalized spacial score (nSPS) is 23.4. The van der Waals surface area contributed by atoms with E-state index >= 15 is 0 Å². The molecule has 2 N–H and O–H groups in total. The smallest absolute Gasteiger partial charge is 0.337 e. The molecule has 0 aliphatic heterocycles. The average molecular weight is 284 g/mol. The Morgan fingerprint density at radius 1 is 1.42 bits per heavy atom. The highest BCUT2D eigenvalue weighted by Gasteiger charge is 2.28. The number of pyridine rings is 1. The minimum atomic E-state index is -3.67. The lowest BCUT2D eigenvalue weighted by Crippen LogP contribution is -2.36. The minimum Gasteiger partial charge on any atom is -0.478 e. The highest BCUT2D eigenvalue weighted by atomic mass is 32.2. The molecule has 0 radical (unpaired) electrons. The number of sulfonamides is 1. The van der Waals surface area contributed by atoms with Gasteiger partial charge < -0.3 is 5.11 Å². The highest BCUT2D eigenvalue weighted by molar-refractivity contribution is 7.89. The third-order valence-corrected chi connectivity index (χ3v) is 4.83. The maximum atomic E-state index is 12.1. The molecule has 0 bridgehead atoms. The predicted molar refractivity (Wildman–Crippen MR) is 68.3 cm³/mol. The first-order chi connectivity index (χ1) is 8.90. The van der Waals surface area contributed by atoms with Gasteiger partial charge in [0.05, 0.1) is 5.56 Å². The molecule has 1 aliphatic carbocycles. The molecule has 19 heavy (non-hydrogen) atoms. The Balaban J connectivity index is 2.17. The second-order valence-electron chi connectivity index (χ2n) is 4.83. The number of nitrogens with zero attached hydrogens (tertiary/aromatic N) is 1. The van der Waals surface area contributed by atoms with Gasteiger partial charge in [-0.15, -0.1) is 0 Å². The van der Waals surface area contributed by atoms with Gasteiger partial charge in [-0.3, -0.25) is 0 Å². The average Bonchev–Trinajstić information content (AvgIpc) is 2.74. The number of rotatable bonds is 4. The van der Waals surface area contributed by atoms with Crippen molar-refractivity contribution in [2.75, 3.05) is 0 Å². The maximum absolute atomic E-state index is 12.1. The first-order valence-electron chi connectivity index (χ1n) is 6.12. The standard InChI is InChI=1S/C12H16N2O4S/c1-8-3-2-4-10(8)14-19(17,18)11-6-5-9(7-13-11)12(15)16/h5-8,10,14H,2-4H2,1H3,(H,15,16). The number of aromatic nitrogens is 1. The van der Waals surface area contributed by atoms with E-state index in [-0.39, 0.29) is 16.6 Å². The van der Waals surface area contributed by atoms with E-state index in [0.717, 1.165) is 25.5 Å². The second kappa shape index (κ2) is 5.26.